The van der Waals surface area contributed by atoms with Crippen LogP contribution in [0.15, 0.2) is 42.5 Å². The molecule has 0 atom stereocenters. The van der Waals surface area contributed by atoms with Crippen molar-refractivity contribution in [3.05, 3.63) is 58.9 Å². The van der Waals surface area contributed by atoms with Crippen molar-refractivity contribution in [1.29, 1.82) is 0 Å². The number of carbonyl (C=O) groups excluding carboxylic acids is 2. The van der Waals surface area contributed by atoms with Gasteiger partial charge in [-0.15, -0.1) is 0 Å². The van der Waals surface area contributed by atoms with Crippen molar-refractivity contribution >= 4 is 34.8 Å². The van der Waals surface area contributed by atoms with Crippen LogP contribution in [0.4, 0.5) is 15.8 Å². The van der Waals surface area contributed by atoms with E-state index in [1.54, 1.807) is 18.2 Å². The standard InChI is InChI=1S/C17H15ClFN3O2/c18-14-9-13(21-17(24)11-1-3-12(19)4-2-11)5-6-15(14)22-8-7-20-16(23)10-22/h1-6,9H,7-8,10H2,(H,20,23)(H,21,24). The van der Waals surface area contributed by atoms with Crippen LogP contribution in [-0.2, 0) is 4.79 Å². The molecular weight excluding hydrogens is 333 g/mol. The largest absolute Gasteiger partial charge is 0.359 e. The maximum Gasteiger partial charge on any atom is 0.255 e. The SMILES string of the molecule is O=C1CN(c2ccc(NC(=O)c3ccc(F)cc3)cc2Cl)CCN1. The summed E-state index contributed by atoms with van der Waals surface area (Å²) in [5.41, 5.74) is 1.62. The van der Waals surface area contributed by atoms with Gasteiger partial charge < -0.3 is 15.5 Å². The molecule has 0 unspecified atom stereocenters. The highest BCUT2D eigenvalue weighted by atomic mass is 35.5. The molecule has 3 rings (SSSR count). The van der Waals surface area contributed by atoms with E-state index in [1.165, 1.54) is 24.3 Å². The van der Waals surface area contributed by atoms with Gasteiger partial charge in [-0.2, -0.15) is 0 Å². The summed E-state index contributed by atoms with van der Waals surface area (Å²) >= 11 is 6.29. The molecule has 0 aliphatic carbocycles. The molecule has 1 aliphatic heterocycles. The lowest BCUT2D eigenvalue weighted by Crippen LogP contribution is -2.47. The third-order valence-corrected chi connectivity index (χ3v) is 3.99. The molecule has 7 heteroatoms. The van der Waals surface area contributed by atoms with Crippen LogP contribution in [0.2, 0.25) is 5.02 Å². The molecule has 124 valence electrons. The molecule has 0 spiro atoms. The number of nitrogens with one attached hydrogen (secondary N) is 2. The molecular formula is C17H15ClFN3O2. The van der Waals surface area contributed by atoms with Gasteiger partial charge in [-0.3, -0.25) is 9.59 Å². The van der Waals surface area contributed by atoms with E-state index in [-0.39, 0.29) is 18.4 Å². The van der Waals surface area contributed by atoms with Crippen LogP contribution >= 0.6 is 11.6 Å². The average Bonchev–Trinajstić information content (AvgIpc) is 2.55. The number of halogens is 2. The predicted octanol–water partition coefficient (Wildman–Crippen LogP) is 2.67. The first-order valence-electron chi connectivity index (χ1n) is 7.41. The van der Waals surface area contributed by atoms with E-state index in [4.69, 9.17) is 11.6 Å². The Morgan fingerprint density at radius 3 is 2.62 bits per heavy atom. The van der Waals surface area contributed by atoms with Gasteiger partial charge in [0.25, 0.3) is 5.91 Å². The quantitative estimate of drug-likeness (QED) is 0.897. The Hall–Kier alpha value is -2.60. The maximum atomic E-state index is 12.9. The summed E-state index contributed by atoms with van der Waals surface area (Å²) in [6.07, 6.45) is 0. The van der Waals surface area contributed by atoms with E-state index in [0.717, 1.165) is 5.69 Å². The molecule has 1 fully saturated rings. The molecule has 2 amide bonds. The van der Waals surface area contributed by atoms with Gasteiger partial charge in [0.1, 0.15) is 5.82 Å². The number of anilines is 2. The second kappa shape index (κ2) is 6.88. The summed E-state index contributed by atoms with van der Waals surface area (Å²) in [5, 5.41) is 5.91. The molecule has 5 nitrogen and oxygen atoms in total. The first kappa shape index (κ1) is 16.3. The minimum atomic E-state index is -0.399. The number of piperazine rings is 1. The highest BCUT2D eigenvalue weighted by molar-refractivity contribution is 6.33. The van der Waals surface area contributed by atoms with Gasteiger partial charge in [-0.1, -0.05) is 11.6 Å². The van der Waals surface area contributed by atoms with Crippen molar-refractivity contribution in [3.63, 3.8) is 0 Å². The zero-order valence-electron chi connectivity index (χ0n) is 12.7. The smallest absolute Gasteiger partial charge is 0.255 e. The van der Waals surface area contributed by atoms with Gasteiger partial charge in [0, 0.05) is 24.3 Å². The number of nitrogens with zero attached hydrogens (tertiary/aromatic N) is 1. The van der Waals surface area contributed by atoms with E-state index in [1.807, 2.05) is 4.90 Å². The lowest BCUT2D eigenvalue weighted by molar-refractivity contribution is -0.120. The Morgan fingerprint density at radius 2 is 1.96 bits per heavy atom. The molecule has 1 aliphatic rings. The van der Waals surface area contributed by atoms with Gasteiger partial charge in [0.2, 0.25) is 5.91 Å². The highest BCUT2D eigenvalue weighted by Crippen LogP contribution is 2.29. The normalized spacial score (nSPS) is 14.2. The van der Waals surface area contributed by atoms with Crippen molar-refractivity contribution < 1.29 is 14.0 Å². The van der Waals surface area contributed by atoms with Crippen LogP contribution in [0.5, 0.6) is 0 Å². The average molecular weight is 348 g/mol. The van der Waals surface area contributed by atoms with E-state index in [0.29, 0.717) is 29.4 Å². The third kappa shape index (κ3) is 3.65. The number of hydrogen-bond donors (Lipinski definition) is 2. The van der Waals surface area contributed by atoms with E-state index >= 15 is 0 Å². The van der Waals surface area contributed by atoms with E-state index < -0.39 is 5.82 Å². The molecule has 2 N–H and O–H groups in total. The fraction of sp³-hybridized carbons (Fsp3) is 0.176. The minimum Gasteiger partial charge on any atom is -0.359 e. The predicted molar refractivity (Wildman–Crippen MR) is 91.0 cm³/mol. The number of carbonyl (C=O) groups is 2. The fourth-order valence-electron chi connectivity index (χ4n) is 2.49. The minimum absolute atomic E-state index is 0.0500. The number of amides is 2. The monoisotopic (exact) mass is 347 g/mol. The third-order valence-electron chi connectivity index (χ3n) is 3.69. The molecule has 0 saturated carbocycles. The first-order valence-corrected chi connectivity index (χ1v) is 7.79. The van der Waals surface area contributed by atoms with Gasteiger partial charge in [0.15, 0.2) is 0 Å². The Balaban J connectivity index is 1.73. The van der Waals surface area contributed by atoms with Crippen molar-refractivity contribution in [2.24, 2.45) is 0 Å². The molecule has 0 aromatic heterocycles. The van der Waals surface area contributed by atoms with Crippen molar-refractivity contribution in [2.45, 2.75) is 0 Å². The molecule has 2 aromatic rings. The van der Waals surface area contributed by atoms with Gasteiger partial charge in [-0.05, 0) is 42.5 Å². The molecule has 0 radical (unpaired) electrons. The van der Waals surface area contributed by atoms with Crippen molar-refractivity contribution in [3.8, 4) is 0 Å². The lowest BCUT2D eigenvalue weighted by Gasteiger charge is -2.29. The van der Waals surface area contributed by atoms with Crippen LogP contribution in [0, 0.1) is 5.82 Å². The zero-order chi connectivity index (χ0) is 17.1. The number of hydrogen-bond acceptors (Lipinski definition) is 3. The summed E-state index contributed by atoms with van der Waals surface area (Å²) in [6.45, 7) is 1.49. The van der Waals surface area contributed by atoms with Gasteiger partial charge >= 0.3 is 0 Å². The first-order chi connectivity index (χ1) is 11.5. The highest BCUT2D eigenvalue weighted by Gasteiger charge is 2.19. The topological polar surface area (TPSA) is 61.4 Å². The van der Waals surface area contributed by atoms with Crippen LogP contribution in [-0.4, -0.2) is 31.4 Å². The van der Waals surface area contributed by atoms with Crippen LogP contribution in [0.25, 0.3) is 0 Å². The summed E-state index contributed by atoms with van der Waals surface area (Å²) in [7, 11) is 0. The Morgan fingerprint density at radius 1 is 1.21 bits per heavy atom. The van der Waals surface area contributed by atoms with Crippen LogP contribution in [0.3, 0.4) is 0 Å². The summed E-state index contributed by atoms with van der Waals surface area (Å²) in [4.78, 5) is 25.5. The van der Waals surface area contributed by atoms with E-state index in [2.05, 4.69) is 10.6 Å². The molecule has 1 saturated heterocycles. The second-order valence-corrected chi connectivity index (χ2v) is 5.81. The Labute approximate surface area is 143 Å². The van der Waals surface area contributed by atoms with Crippen LogP contribution in [0.1, 0.15) is 10.4 Å². The van der Waals surface area contributed by atoms with Crippen molar-refractivity contribution in [2.75, 3.05) is 29.9 Å². The second-order valence-electron chi connectivity index (χ2n) is 5.40. The van der Waals surface area contributed by atoms with Gasteiger partial charge in [0.05, 0.1) is 17.3 Å². The Kier molecular flexibility index (Phi) is 4.66. The Bertz CT molecular complexity index is 780. The number of benzene rings is 2. The molecule has 1 heterocycles. The van der Waals surface area contributed by atoms with Crippen molar-refractivity contribution in [1.82, 2.24) is 5.32 Å². The zero-order valence-corrected chi connectivity index (χ0v) is 13.4. The van der Waals surface area contributed by atoms with E-state index in [9.17, 15) is 14.0 Å². The lowest BCUT2D eigenvalue weighted by atomic mass is 10.2. The molecule has 2 aromatic carbocycles. The maximum absolute atomic E-state index is 12.9. The summed E-state index contributed by atoms with van der Waals surface area (Å²) in [6, 6.07) is 10.4. The number of rotatable bonds is 3. The van der Waals surface area contributed by atoms with Crippen LogP contribution < -0.4 is 15.5 Å². The molecule has 24 heavy (non-hydrogen) atoms. The molecule has 0 bridgehead atoms. The summed E-state index contributed by atoms with van der Waals surface area (Å²) < 4.78 is 12.9. The summed E-state index contributed by atoms with van der Waals surface area (Å²) in [5.74, 6) is -0.799. The fourth-order valence-corrected chi connectivity index (χ4v) is 2.79. The van der Waals surface area contributed by atoms with Gasteiger partial charge in [-0.25, -0.2) is 4.39 Å².